The number of furan rings is 1. The number of non-ortho nitro benzene ring substituents is 2. The van der Waals surface area contributed by atoms with Crippen LogP contribution in [0, 0.1) is 20.2 Å². The molecule has 0 aliphatic carbocycles. The third kappa shape index (κ3) is 4.47. The molecule has 0 saturated heterocycles. The number of amides is 1. The van der Waals surface area contributed by atoms with Crippen molar-refractivity contribution in [1.29, 1.82) is 0 Å². The molecule has 0 fully saturated rings. The van der Waals surface area contributed by atoms with E-state index in [9.17, 15) is 25.0 Å². The monoisotopic (exact) mass is 410 g/mol. The Bertz CT molecular complexity index is 1140. The number of carbonyl (C=O) groups is 1. The highest BCUT2D eigenvalue weighted by molar-refractivity contribution is 5.95. The van der Waals surface area contributed by atoms with Gasteiger partial charge in [0, 0.05) is 29.8 Å². The molecule has 0 atom stereocenters. The van der Waals surface area contributed by atoms with E-state index in [1.165, 1.54) is 55.8 Å². The Morgan fingerprint density at radius 3 is 2.33 bits per heavy atom. The van der Waals surface area contributed by atoms with Gasteiger partial charge in [0.1, 0.15) is 17.3 Å². The number of rotatable bonds is 7. The molecule has 2 aromatic carbocycles. The molecule has 0 saturated carbocycles. The highest BCUT2D eigenvalue weighted by Gasteiger charge is 2.15. The van der Waals surface area contributed by atoms with Crippen molar-refractivity contribution in [2.75, 3.05) is 7.11 Å². The average molecular weight is 410 g/mol. The summed E-state index contributed by atoms with van der Waals surface area (Å²) < 4.78 is 10.8. The molecule has 1 amide bonds. The zero-order valence-electron chi connectivity index (χ0n) is 15.5. The van der Waals surface area contributed by atoms with Crippen molar-refractivity contribution in [3.8, 4) is 17.1 Å². The van der Waals surface area contributed by atoms with Crippen molar-refractivity contribution in [2.24, 2.45) is 5.10 Å². The van der Waals surface area contributed by atoms with Crippen molar-refractivity contribution >= 4 is 23.5 Å². The Kier molecular flexibility index (Phi) is 5.82. The lowest BCUT2D eigenvalue weighted by molar-refractivity contribution is -0.385. The van der Waals surface area contributed by atoms with E-state index in [2.05, 4.69) is 10.5 Å². The van der Waals surface area contributed by atoms with Gasteiger partial charge in [-0.05, 0) is 30.3 Å². The van der Waals surface area contributed by atoms with Crippen molar-refractivity contribution < 1.29 is 23.8 Å². The fraction of sp³-hybridized carbons (Fsp3) is 0.0526. The Morgan fingerprint density at radius 2 is 1.70 bits per heavy atom. The number of methoxy groups -OCH3 is 1. The van der Waals surface area contributed by atoms with Gasteiger partial charge < -0.3 is 9.15 Å². The van der Waals surface area contributed by atoms with Gasteiger partial charge in [0.2, 0.25) is 0 Å². The van der Waals surface area contributed by atoms with Crippen LogP contribution in [-0.4, -0.2) is 29.1 Å². The van der Waals surface area contributed by atoms with Gasteiger partial charge in [-0.25, -0.2) is 5.43 Å². The molecule has 0 bridgehead atoms. The number of nitrogens with zero attached hydrogens (tertiary/aromatic N) is 3. The molecule has 152 valence electrons. The van der Waals surface area contributed by atoms with Gasteiger partial charge in [0.05, 0.1) is 28.7 Å². The maximum atomic E-state index is 12.0. The lowest BCUT2D eigenvalue weighted by atomic mass is 10.1. The normalized spacial score (nSPS) is 10.7. The van der Waals surface area contributed by atoms with Gasteiger partial charge in [0.15, 0.2) is 0 Å². The van der Waals surface area contributed by atoms with Gasteiger partial charge in [-0.1, -0.05) is 0 Å². The smallest absolute Gasteiger partial charge is 0.271 e. The molecule has 11 heteroatoms. The fourth-order valence-corrected chi connectivity index (χ4v) is 2.52. The number of hydrazone groups is 1. The third-order valence-corrected chi connectivity index (χ3v) is 3.98. The molecule has 0 radical (unpaired) electrons. The summed E-state index contributed by atoms with van der Waals surface area (Å²) in [4.78, 5) is 32.6. The standard InChI is InChI=1S/C19H14N4O7/c1-29-17-8-6-14(23(27)28)10-16(17)18-9-7-15(30-18)11-20-21-19(24)12-2-4-13(5-3-12)22(25)26/h2-11H,1H3,(H,21,24). The molecular weight excluding hydrogens is 396 g/mol. The quantitative estimate of drug-likeness (QED) is 0.355. The summed E-state index contributed by atoms with van der Waals surface area (Å²) in [5.74, 6) is 0.430. The lowest BCUT2D eigenvalue weighted by Crippen LogP contribution is -2.17. The first-order valence-electron chi connectivity index (χ1n) is 8.39. The van der Waals surface area contributed by atoms with Crippen molar-refractivity contribution in [3.63, 3.8) is 0 Å². The van der Waals surface area contributed by atoms with Crippen LogP contribution < -0.4 is 10.2 Å². The minimum Gasteiger partial charge on any atom is -0.496 e. The van der Waals surface area contributed by atoms with Gasteiger partial charge >= 0.3 is 0 Å². The molecule has 30 heavy (non-hydrogen) atoms. The molecule has 0 unspecified atom stereocenters. The van der Waals surface area contributed by atoms with Crippen LogP contribution in [0.4, 0.5) is 11.4 Å². The van der Waals surface area contributed by atoms with Crippen molar-refractivity contribution in [3.05, 3.63) is 86.1 Å². The molecule has 11 nitrogen and oxygen atoms in total. The van der Waals surface area contributed by atoms with Crippen molar-refractivity contribution in [2.45, 2.75) is 0 Å². The van der Waals surface area contributed by atoms with E-state index in [4.69, 9.17) is 9.15 Å². The minimum absolute atomic E-state index is 0.118. The van der Waals surface area contributed by atoms with Crippen LogP contribution >= 0.6 is 0 Å². The first kappa shape index (κ1) is 20.2. The number of nitro benzene ring substituents is 2. The Labute approximate surface area is 168 Å². The molecular formula is C19H14N4O7. The van der Waals surface area contributed by atoms with E-state index in [0.717, 1.165) is 0 Å². The summed E-state index contributed by atoms with van der Waals surface area (Å²) in [6.45, 7) is 0. The zero-order chi connectivity index (χ0) is 21.7. The highest BCUT2D eigenvalue weighted by Crippen LogP contribution is 2.34. The summed E-state index contributed by atoms with van der Waals surface area (Å²) in [7, 11) is 1.43. The van der Waals surface area contributed by atoms with E-state index < -0.39 is 15.8 Å². The number of nitrogens with one attached hydrogen (secondary N) is 1. The topological polar surface area (TPSA) is 150 Å². The van der Waals surface area contributed by atoms with Crippen LogP contribution in [0.1, 0.15) is 16.1 Å². The van der Waals surface area contributed by atoms with E-state index in [-0.39, 0.29) is 22.7 Å². The number of carbonyl (C=O) groups excluding carboxylic acids is 1. The second kappa shape index (κ2) is 8.65. The summed E-state index contributed by atoms with van der Waals surface area (Å²) in [6, 6.07) is 12.3. The molecule has 1 N–H and O–H groups in total. The van der Waals surface area contributed by atoms with Crippen LogP contribution in [0.2, 0.25) is 0 Å². The second-order valence-electron chi connectivity index (χ2n) is 5.85. The summed E-state index contributed by atoms with van der Waals surface area (Å²) in [5, 5.41) is 25.4. The predicted octanol–water partition coefficient (Wildman–Crippen LogP) is 3.54. The molecule has 0 spiro atoms. The number of ether oxygens (including phenoxy) is 1. The first-order valence-corrected chi connectivity index (χ1v) is 8.39. The fourth-order valence-electron chi connectivity index (χ4n) is 2.52. The maximum absolute atomic E-state index is 12.0. The number of nitro groups is 2. The molecule has 3 rings (SSSR count). The highest BCUT2D eigenvalue weighted by atomic mass is 16.6. The molecule has 0 aliphatic heterocycles. The van der Waals surface area contributed by atoms with Crippen LogP contribution in [0.15, 0.2) is 64.1 Å². The molecule has 0 aliphatic rings. The Hall–Kier alpha value is -4.54. The molecule has 1 aromatic heterocycles. The summed E-state index contributed by atoms with van der Waals surface area (Å²) in [5.41, 5.74) is 2.61. The SMILES string of the molecule is COc1ccc([N+](=O)[O-])cc1-c1ccc(C=NNC(=O)c2ccc([N+](=O)[O-])cc2)o1. The Balaban J connectivity index is 1.72. The van der Waals surface area contributed by atoms with E-state index in [0.29, 0.717) is 17.1 Å². The van der Waals surface area contributed by atoms with E-state index in [1.54, 1.807) is 12.1 Å². The van der Waals surface area contributed by atoms with Crippen LogP contribution in [0.25, 0.3) is 11.3 Å². The summed E-state index contributed by atoms with van der Waals surface area (Å²) >= 11 is 0. The minimum atomic E-state index is -0.565. The van der Waals surface area contributed by atoms with Gasteiger partial charge in [0.25, 0.3) is 17.3 Å². The van der Waals surface area contributed by atoms with Crippen LogP contribution in [-0.2, 0) is 0 Å². The van der Waals surface area contributed by atoms with Crippen LogP contribution in [0.3, 0.4) is 0 Å². The maximum Gasteiger partial charge on any atom is 0.271 e. The lowest BCUT2D eigenvalue weighted by Gasteiger charge is -2.05. The Morgan fingerprint density at radius 1 is 1.03 bits per heavy atom. The van der Waals surface area contributed by atoms with E-state index >= 15 is 0 Å². The van der Waals surface area contributed by atoms with Gasteiger partial charge in [-0.2, -0.15) is 5.10 Å². The molecule has 1 heterocycles. The first-order chi connectivity index (χ1) is 14.4. The van der Waals surface area contributed by atoms with Crippen LogP contribution in [0.5, 0.6) is 5.75 Å². The third-order valence-electron chi connectivity index (χ3n) is 3.98. The second-order valence-corrected chi connectivity index (χ2v) is 5.85. The number of hydrogen-bond donors (Lipinski definition) is 1. The van der Waals surface area contributed by atoms with E-state index in [1.807, 2.05) is 0 Å². The van der Waals surface area contributed by atoms with Gasteiger partial charge in [-0.3, -0.25) is 25.0 Å². The zero-order valence-corrected chi connectivity index (χ0v) is 15.5. The average Bonchev–Trinajstić information content (AvgIpc) is 3.21. The predicted molar refractivity (Wildman–Crippen MR) is 106 cm³/mol. The number of benzene rings is 2. The number of hydrogen-bond acceptors (Lipinski definition) is 8. The summed E-state index contributed by atoms with van der Waals surface area (Å²) in [6.07, 6.45) is 1.25. The molecule has 3 aromatic rings. The van der Waals surface area contributed by atoms with Gasteiger partial charge in [-0.15, -0.1) is 0 Å². The van der Waals surface area contributed by atoms with Crippen molar-refractivity contribution in [1.82, 2.24) is 5.43 Å². The largest absolute Gasteiger partial charge is 0.496 e.